The number of aromatic carboxylic acids is 1. The molecule has 1 aromatic heterocycles. The van der Waals surface area contributed by atoms with Crippen molar-refractivity contribution >= 4 is 23.3 Å². The lowest BCUT2D eigenvalue weighted by atomic mass is 10.1. The maximum absolute atomic E-state index is 10.7. The number of thiazole rings is 1. The maximum atomic E-state index is 10.7. The minimum Gasteiger partial charge on any atom is -0.481 e. The summed E-state index contributed by atoms with van der Waals surface area (Å²) in [6.45, 7) is 0. The Bertz CT molecular complexity index is 603. The third-order valence-corrected chi connectivity index (χ3v) is 3.39. The second-order valence-corrected chi connectivity index (χ2v) is 4.92. The number of rotatable bonds is 5. The number of nitrogens with zero attached hydrogens (tertiary/aromatic N) is 1. The lowest BCUT2D eigenvalue weighted by Gasteiger charge is -1.99. The van der Waals surface area contributed by atoms with E-state index in [1.807, 2.05) is 0 Å². The highest BCUT2D eigenvalue weighted by atomic mass is 32.1. The number of benzene rings is 1. The first-order chi connectivity index (χ1) is 9.04. The number of carboxylic acid groups (broad SMARTS) is 2. The van der Waals surface area contributed by atoms with Crippen molar-refractivity contribution in [3.63, 3.8) is 0 Å². The molecule has 0 bridgehead atoms. The Balaban J connectivity index is 2.06. The summed E-state index contributed by atoms with van der Waals surface area (Å²) < 4.78 is 0. The van der Waals surface area contributed by atoms with Gasteiger partial charge in [0.05, 0.1) is 22.7 Å². The molecule has 19 heavy (non-hydrogen) atoms. The second-order valence-electron chi connectivity index (χ2n) is 3.98. The third-order valence-electron chi connectivity index (χ3n) is 2.49. The molecule has 0 aliphatic heterocycles. The van der Waals surface area contributed by atoms with Gasteiger partial charge in [0.15, 0.2) is 0 Å². The number of carboxylic acids is 2. The summed E-state index contributed by atoms with van der Waals surface area (Å²) >= 11 is 1.41. The Morgan fingerprint density at radius 2 is 1.84 bits per heavy atom. The summed E-state index contributed by atoms with van der Waals surface area (Å²) in [4.78, 5) is 25.5. The smallest absolute Gasteiger partial charge is 0.335 e. The molecule has 0 atom stereocenters. The second kappa shape index (κ2) is 5.62. The monoisotopic (exact) mass is 277 g/mol. The SMILES string of the molecule is O=C(O)Cc1csc(Cc2ccc(C(=O)O)cc2)n1. The largest absolute Gasteiger partial charge is 0.481 e. The summed E-state index contributed by atoms with van der Waals surface area (Å²) in [5.41, 5.74) is 1.74. The summed E-state index contributed by atoms with van der Waals surface area (Å²) in [7, 11) is 0. The first-order valence-electron chi connectivity index (χ1n) is 5.52. The Labute approximate surface area is 113 Å². The highest BCUT2D eigenvalue weighted by Crippen LogP contribution is 2.16. The van der Waals surface area contributed by atoms with Crippen molar-refractivity contribution in [1.82, 2.24) is 4.98 Å². The molecular formula is C13H11NO4S. The normalized spacial score (nSPS) is 10.3. The molecule has 0 amide bonds. The van der Waals surface area contributed by atoms with Gasteiger partial charge in [-0.25, -0.2) is 9.78 Å². The zero-order chi connectivity index (χ0) is 13.8. The standard InChI is InChI=1S/C13H11NO4S/c15-12(16)6-10-7-19-11(14-10)5-8-1-3-9(4-2-8)13(17)18/h1-4,7H,5-6H2,(H,15,16)(H,17,18). The lowest BCUT2D eigenvalue weighted by molar-refractivity contribution is -0.136. The lowest BCUT2D eigenvalue weighted by Crippen LogP contribution is -2.00. The van der Waals surface area contributed by atoms with Crippen molar-refractivity contribution < 1.29 is 19.8 Å². The molecule has 0 spiro atoms. The quantitative estimate of drug-likeness (QED) is 0.873. The van der Waals surface area contributed by atoms with Gasteiger partial charge < -0.3 is 10.2 Å². The molecule has 1 heterocycles. The molecule has 0 saturated heterocycles. The number of hydrogen-bond acceptors (Lipinski definition) is 4. The van der Waals surface area contributed by atoms with Gasteiger partial charge in [-0.15, -0.1) is 11.3 Å². The van der Waals surface area contributed by atoms with Crippen LogP contribution in [-0.4, -0.2) is 27.1 Å². The zero-order valence-electron chi connectivity index (χ0n) is 9.87. The molecule has 0 saturated carbocycles. The molecule has 1 aromatic carbocycles. The van der Waals surface area contributed by atoms with E-state index in [0.29, 0.717) is 12.1 Å². The fourth-order valence-electron chi connectivity index (χ4n) is 1.61. The van der Waals surface area contributed by atoms with Gasteiger partial charge in [-0.2, -0.15) is 0 Å². The molecule has 2 rings (SSSR count). The van der Waals surface area contributed by atoms with E-state index < -0.39 is 11.9 Å². The van der Waals surface area contributed by atoms with Crippen LogP contribution in [0.15, 0.2) is 29.6 Å². The van der Waals surface area contributed by atoms with Crippen LogP contribution < -0.4 is 0 Å². The first-order valence-corrected chi connectivity index (χ1v) is 6.40. The molecule has 0 fully saturated rings. The Hall–Kier alpha value is -2.21. The minimum absolute atomic E-state index is 0.0749. The number of aromatic nitrogens is 1. The molecule has 2 aromatic rings. The molecule has 2 N–H and O–H groups in total. The van der Waals surface area contributed by atoms with Crippen LogP contribution in [0.2, 0.25) is 0 Å². The molecule has 5 nitrogen and oxygen atoms in total. The highest BCUT2D eigenvalue weighted by molar-refractivity contribution is 7.09. The molecule has 0 aliphatic carbocycles. The molecule has 0 unspecified atom stereocenters. The van der Waals surface area contributed by atoms with E-state index in [1.165, 1.54) is 11.3 Å². The van der Waals surface area contributed by atoms with Crippen LogP contribution >= 0.6 is 11.3 Å². The van der Waals surface area contributed by atoms with Gasteiger partial charge in [0.1, 0.15) is 0 Å². The summed E-state index contributed by atoms with van der Waals surface area (Å²) in [6.07, 6.45) is 0.499. The van der Waals surface area contributed by atoms with Gasteiger partial charge in [-0.05, 0) is 17.7 Å². The van der Waals surface area contributed by atoms with Gasteiger partial charge in [-0.1, -0.05) is 12.1 Å². The predicted molar refractivity (Wildman–Crippen MR) is 69.7 cm³/mol. The van der Waals surface area contributed by atoms with E-state index in [9.17, 15) is 9.59 Å². The van der Waals surface area contributed by atoms with Crippen LogP contribution in [0.4, 0.5) is 0 Å². The summed E-state index contributed by atoms with van der Waals surface area (Å²) in [5.74, 6) is -1.85. The van der Waals surface area contributed by atoms with Crippen LogP contribution in [0.3, 0.4) is 0 Å². The Morgan fingerprint density at radius 3 is 2.42 bits per heavy atom. The van der Waals surface area contributed by atoms with Crippen LogP contribution in [0, 0.1) is 0 Å². The number of hydrogen-bond donors (Lipinski definition) is 2. The minimum atomic E-state index is -0.954. The fraction of sp³-hybridized carbons (Fsp3) is 0.154. The van der Waals surface area contributed by atoms with Crippen molar-refractivity contribution in [3.8, 4) is 0 Å². The fourth-order valence-corrected chi connectivity index (χ4v) is 2.43. The van der Waals surface area contributed by atoms with Crippen molar-refractivity contribution in [2.45, 2.75) is 12.8 Å². The average Bonchev–Trinajstić information content (AvgIpc) is 2.76. The van der Waals surface area contributed by atoms with E-state index in [0.717, 1.165) is 10.6 Å². The van der Waals surface area contributed by atoms with Gasteiger partial charge in [-0.3, -0.25) is 4.79 Å². The van der Waals surface area contributed by atoms with Crippen LogP contribution in [0.25, 0.3) is 0 Å². The Kier molecular flexibility index (Phi) is 3.91. The van der Waals surface area contributed by atoms with Gasteiger partial charge in [0.25, 0.3) is 0 Å². The first kappa shape index (κ1) is 13.2. The van der Waals surface area contributed by atoms with E-state index >= 15 is 0 Å². The summed E-state index contributed by atoms with van der Waals surface area (Å²) in [6, 6.07) is 6.57. The van der Waals surface area contributed by atoms with Crippen molar-refractivity contribution in [3.05, 3.63) is 51.5 Å². The average molecular weight is 277 g/mol. The molecule has 0 aliphatic rings. The molecular weight excluding hydrogens is 266 g/mol. The Morgan fingerprint density at radius 1 is 1.16 bits per heavy atom. The van der Waals surface area contributed by atoms with Crippen molar-refractivity contribution in [2.75, 3.05) is 0 Å². The third kappa shape index (κ3) is 3.62. The number of carbonyl (C=O) groups is 2. The number of aliphatic carboxylic acids is 1. The van der Waals surface area contributed by atoms with Gasteiger partial charge in [0, 0.05) is 11.8 Å². The van der Waals surface area contributed by atoms with E-state index in [4.69, 9.17) is 10.2 Å². The zero-order valence-corrected chi connectivity index (χ0v) is 10.7. The highest BCUT2D eigenvalue weighted by Gasteiger charge is 2.07. The van der Waals surface area contributed by atoms with E-state index in [-0.39, 0.29) is 12.0 Å². The van der Waals surface area contributed by atoms with Gasteiger partial charge >= 0.3 is 11.9 Å². The van der Waals surface area contributed by atoms with Gasteiger partial charge in [0.2, 0.25) is 0 Å². The maximum Gasteiger partial charge on any atom is 0.335 e. The molecule has 6 heteroatoms. The summed E-state index contributed by atoms with van der Waals surface area (Å²) in [5, 5.41) is 20.0. The topological polar surface area (TPSA) is 87.5 Å². The van der Waals surface area contributed by atoms with E-state index in [1.54, 1.807) is 29.6 Å². The van der Waals surface area contributed by atoms with Crippen molar-refractivity contribution in [2.24, 2.45) is 0 Å². The van der Waals surface area contributed by atoms with Crippen LogP contribution in [0.5, 0.6) is 0 Å². The van der Waals surface area contributed by atoms with Crippen LogP contribution in [0.1, 0.15) is 26.6 Å². The molecule has 0 radical (unpaired) electrons. The van der Waals surface area contributed by atoms with Crippen LogP contribution in [-0.2, 0) is 17.6 Å². The van der Waals surface area contributed by atoms with E-state index in [2.05, 4.69) is 4.98 Å². The predicted octanol–water partition coefficient (Wildman–Crippen LogP) is 2.06. The molecule has 98 valence electrons. The van der Waals surface area contributed by atoms with Crippen molar-refractivity contribution in [1.29, 1.82) is 0 Å².